The highest BCUT2D eigenvalue weighted by molar-refractivity contribution is 5.70. The van der Waals surface area contributed by atoms with Crippen molar-refractivity contribution in [1.82, 2.24) is 0 Å². The zero-order valence-corrected chi connectivity index (χ0v) is 23.3. The van der Waals surface area contributed by atoms with Crippen molar-refractivity contribution in [3.8, 4) is 0 Å². The molecule has 3 atom stereocenters. The molecular weight excluding hydrogens is 458 g/mol. The van der Waals surface area contributed by atoms with Gasteiger partial charge in [0.2, 0.25) is 0 Å². The Hall–Kier alpha value is -1.89. The second-order valence-electron chi connectivity index (χ2n) is 11.0. The first kappa shape index (κ1) is 34.1. The predicted molar refractivity (Wildman–Crippen MR) is 145 cm³/mol. The summed E-state index contributed by atoms with van der Waals surface area (Å²) in [6.45, 7) is 9.98. The molecule has 0 saturated carbocycles. The van der Waals surface area contributed by atoms with Crippen LogP contribution in [-0.4, -0.2) is 63.9 Å². The fraction of sp³-hybridized carbons (Fsp3) is 0.828. The second kappa shape index (κ2) is 20.2. The van der Waals surface area contributed by atoms with Crippen molar-refractivity contribution in [3.05, 3.63) is 12.7 Å². The number of allylic oxidation sites excluding steroid dienone is 1. The van der Waals surface area contributed by atoms with Crippen LogP contribution in [0.5, 0.6) is 0 Å². The Bertz CT molecular complexity index is 580. The van der Waals surface area contributed by atoms with Crippen LogP contribution < -0.4 is 0 Å². The maximum absolute atomic E-state index is 11.6. The first-order valence-corrected chi connectivity index (χ1v) is 14.2. The summed E-state index contributed by atoms with van der Waals surface area (Å²) in [5, 5.41) is 28.5. The molecule has 0 aromatic rings. The van der Waals surface area contributed by atoms with E-state index < -0.39 is 35.7 Å². The molecule has 0 fully saturated rings. The van der Waals surface area contributed by atoms with Crippen molar-refractivity contribution < 1.29 is 34.2 Å². The third-order valence-electron chi connectivity index (χ3n) is 7.29. The van der Waals surface area contributed by atoms with Crippen LogP contribution in [0.25, 0.3) is 0 Å². The Morgan fingerprint density at radius 3 is 1.14 bits per heavy atom. The molecule has 0 radical (unpaired) electrons. The molecule has 3 unspecified atom stereocenters. The monoisotopic (exact) mass is 512 g/mol. The molecule has 0 aliphatic heterocycles. The van der Waals surface area contributed by atoms with E-state index in [1.165, 1.54) is 64.2 Å². The summed E-state index contributed by atoms with van der Waals surface area (Å²) in [6.07, 6.45) is 18.9. The van der Waals surface area contributed by atoms with Crippen LogP contribution in [0.4, 0.5) is 0 Å². The van der Waals surface area contributed by atoms with Crippen molar-refractivity contribution in [2.24, 2.45) is 17.8 Å². The van der Waals surface area contributed by atoms with Gasteiger partial charge in [-0.3, -0.25) is 14.4 Å². The number of rotatable bonds is 25. The van der Waals surface area contributed by atoms with Gasteiger partial charge in [-0.05, 0) is 46.5 Å². The lowest BCUT2D eigenvalue weighted by Gasteiger charge is -2.42. The van der Waals surface area contributed by atoms with E-state index in [2.05, 4.69) is 6.58 Å². The highest BCUT2D eigenvalue weighted by Gasteiger charge is 2.38. The van der Waals surface area contributed by atoms with Crippen molar-refractivity contribution in [1.29, 1.82) is 0 Å². The highest BCUT2D eigenvalue weighted by atomic mass is 16.4. The van der Waals surface area contributed by atoms with E-state index in [0.29, 0.717) is 6.54 Å². The van der Waals surface area contributed by atoms with E-state index in [1.807, 2.05) is 6.08 Å². The van der Waals surface area contributed by atoms with E-state index in [4.69, 9.17) is 0 Å². The molecule has 0 spiro atoms. The van der Waals surface area contributed by atoms with Gasteiger partial charge in [0.15, 0.2) is 0 Å². The first-order valence-electron chi connectivity index (χ1n) is 14.2. The van der Waals surface area contributed by atoms with E-state index in [1.54, 1.807) is 20.8 Å². The molecule has 0 rings (SSSR count). The smallest absolute Gasteiger partial charge is 0.311 e. The molecule has 210 valence electrons. The van der Waals surface area contributed by atoms with Crippen LogP contribution in [0.3, 0.4) is 0 Å². The maximum atomic E-state index is 11.6. The van der Waals surface area contributed by atoms with Gasteiger partial charge in [-0.15, -0.1) is 6.58 Å². The third-order valence-corrected chi connectivity index (χ3v) is 7.29. The van der Waals surface area contributed by atoms with Crippen molar-refractivity contribution in [2.75, 3.05) is 26.2 Å². The van der Waals surface area contributed by atoms with Crippen LogP contribution in [0.15, 0.2) is 12.7 Å². The molecule has 0 heterocycles. The largest absolute Gasteiger partial charge is 0.481 e. The number of nitrogens with zero attached hydrogens (tertiary/aromatic N) is 1. The van der Waals surface area contributed by atoms with Gasteiger partial charge in [0, 0.05) is 0 Å². The summed E-state index contributed by atoms with van der Waals surface area (Å²) in [4.78, 5) is 34.8. The van der Waals surface area contributed by atoms with Gasteiger partial charge in [0.25, 0.3) is 0 Å². The average molecular weight is 513 g/mol. The van der Waals surface area contributed by atoms with Gasteiger partial charge in [0.1, 0.15) is 17.8 Å². The van der Waals surface area contributed by atoms with Crippen LogP contribution in [0.2, 0.25) is 0 Å². The molecule has 36 heavy (non-hydrogen) atoms. The lowest BCUT2D eigenvalue weighted by molar-refractivity contribution is -0.934. The van der Waals surface area contributed by atoms with Gasteiger partial charge in [-0.25, -0.2) is 0 Å². The van der Waals surface area contributed by atoms with E-state index in [9.17, 15) is 29.7 Å². The molecule has 3 N–H and O–H groups in total. The fourth-order valence-corrected chi connectivity index (χ4v) is 5.16. The summed E-state index contributed by atoms with van der Waals surface area (Å²) >= 11 is 0. The third kappa shape index (κ3) is 16.7. The number of carboxylic acid groups (broad SMARTS) is 3. The number of carbonyl (C=O) groups is 3. The zero-order valence-electron chi connectivity index (χ0n) is 23.3. The SMILES string of the molecule is C=CCCCCCCCCCCCCCCC[N+](CC(C)C(=O)O)(CC(C)C(=O)O)CC(C)C(=O)O. The van der Waals surface area contributed by atoms with E-state index in [0.717, 1.165) is 25.7 Å². The number of hydrogen-bond donors (Lipinski definition) is 3. The van der Waals surface area contributed by atoms with Crippen LogP contribution >= 0.6 is 0 Å². The lowest BCUT2D eigenvalue weighted by Crippen LogP contribution is -2.57. The molecule has 7 heteroatoms. The number of quaternary nitrogens is 1. The molecule has 0 aromatic heterocycles. The first-order chi connectivity index (χ1) is 17.0. The van der Waals surface area contributed by atoms with Gasteiger partial charge in [-0.2, -0.15) is 0 Å². The van der Waals surface area contributed by atoms with Crippen LogP contribution in [-0.2, 0) is 14.4 Å². The van der Waals surface area contributed by atoms with Crippen LogP contribution in [0, 0.1) is 17.8 Å². The number of unbranched alkanes of at least 4 members (excludes halogenated alkanes) is 13. The highest BCUT2D eigenvalue weighted by Crippen LogP contribution is 2.22. The molecular formula is C29H54NO6+. The Labute approximate surface area is 219 Å². The van der Waals surface area contributed by atoms with Gasteiger partial charge < -0.3 is 19.8 Å². The minimum atomic E-state index is -0.934. The van der Waals surface area contributed by atoms with Gasteiger partial charge in [0.05, 0.1) is 26.2 Å². The topological polar surface area (TPSA) is 112 Å². The molecule has 0 aliphatic carbocycles. The minimum Gasteiger partial charge on any atom is -0.481 e. The standard InChI is InChI=1S/C29H53NO6/c1-5-6-7-8-9-10-11-12-13-14-15-16-17-18-19-20-30(21-24(2)27(31)32,22-25(3)28(33)34)23-26(4)29(35)36/h5,24-26H,1,6-23H2,2-4H3,(H2-,31,32,33,34,35,36)/p+1. The average Bonchev–Trinajstić information content (AvgIpc) is 2.81. The number of hydrogen-bond acceptors (Lipinski definition) is 3. The number of carboxylic acids is 3. The lowest BCUT2D eigenvalue weighted by atomic mass is 10.00. The number of aliphatic carboxylic acids is 3. The molecule has 0 aromatic carbocycles. The Morgan fingerprint density at radius 1 is 0.583 bits per heavy atom. The predicted octanol–water partition coefficient (Wildman–Crippen LogP) is 6.61. The fourth-order valence-electron chi connectivity index (χ4n) is 5.16. The molecule has 0 bridgehead atoms. The van der Waals surface area contributed by atoms with E-state index in [-0.39, 0.29) is 24.1 Å². The van der Waals surface area contributed by atoms with E-state index >= 15 is 0 Å². The maximum Gasteiger partial charge on any atom is 0.311 e. The van der Waals surface area contributed by atoms with Gasteiger partial charge >= 0.3 is 17.9 Å². The molecule has 0 saturated heterocycles. The normalized spacial score (nSPS) is 15.5. The van der Waals surface area contributed by atoms with Crippen molar-refractivity contribution in [3.63, 3.8) is 0 Å². The Kier molecular flexibility index (Phi) is 19.1. The summed E-state index contributed by atoms with van der Waals surface area (Å²) in [7, 11) is 0. The molecule has 0 amide bonds. The van der Waals surface area contributed by atoms with Crippen LogP contribution in [0.1, 0.15) is 111 Å². The molecule has 0 aliphatic rings. The van der Waals surface area contributed by atoms with Crippen molar-refractivity contribution >= 4 is 17.9 Å². The van der Waals surface area contributed by atoms with Crippen molar-refractivity contribution in [2.45, 2.75) is 111 Å². The summed E-state index contributed by atoms with van der Waals surface area (Å²) < 4.78 is 0.224. The summed E-state index contributed by atoms with van der Waals surface area (Å²) in [5.41, 5.74) is 0. The second-order valence-corrected chi connectivity index (χ2v) is 11.0. The summed E-state index contributed by atoms with van der Waals surface area (Å²) in [6, 6.07) is 0. The zero-order chi connectivity index (χ0) is 27.4. The summed E-state index contributed by atoms with van der Waals surface area (Å²) in [5.74, 6) is -4.80. The quantitative estimate of drug-likeness (QED) is 0.0720. The molecule has 7 nitrogen and oxygen atoms in total. The minimum absolute atomic E-state index is 0.224. The Morgan fingerprint density at radius 2 is 0.861 bits per heavy atom. The van der Waals surface area contributed by atoms with Gasteiger partial charge in [-0.1, -0.05) is 70.3 Å². The Balaban J connectivity index is 4.53.